The number of benzene rings is 8. The molecular formula is C49H33N5. The van der Waals surface area contributed by atoms with Crippen molar-refractivity contribution in [3.8, 4) is 11.4 Å². The minimum atomic E-state index is -0.310. The van der Waals surface area contributed by atoms with Crippen LogP contribution in [-0.2, 0) is 0 Å². The van der Waals surface area contributed by atoms with Crippen molar-refractivity contribution in [1.82, 2.24) is 14.5 Å². The van der Waals surface area contributed by atoms with Gasteiger partial charge in [0.15, 0.2) is 5.84 Å². The van der Waals surface area contributed by atoms with E-state index in [-0.39, 0.29) is 6.17 Å². The summed E-state index contributed by atoms with van der Waals surface area (Å²) in [5, 5.41) is 11.0. The molecule has 0 saturated carbocycles. The SMILES string of the molecule is c1ccc(C2=NC(c3ccc(-n4c5ccccc5c5cc6c(cc54)c4ccccc4n6-c4ccccc4)cc3)NC(c3ccc4ccccc4c3)=N2)cc1. The molecule has 1 atom stereocenters. The molecule has 5 nitrogen and oxygen atoms in total. The number of nitrogens with one attached hydrogen (secondary N) is 1. The molecule has 2 aromatic heterocycles. The van der Waals surface area contributed by atoms with Gasteiger partial charge >= 0.3 is 0 Å². The van der Waals surface area contributed by atoms with Gasteiger partial charge in [-0.1, -0.05) is 133 Å². The van der Waals surface area contributed by atoms with Crippen molar-refractivity contribution >= 4 is 66.1 Å². The molecule has 1 aliphatic rings. The zero-order valence-corrected chi connectivity index (χ0v) is 29.3. The average molecular weight is 692 g/mol. The fraction of sp³-hybridized carbons (Fsp3) is 0.0204. The molecule has 10 aromatic rings. The van der Waals surface area contributed by atoms with Crippen LogP contribution in [0.4, 0.5) is 0 Å². The minimum absolute atomic E-state index is 0.310. The lowest BCUT2D eigenvalue weighted by Crippen LogP contribution is -2.33. The summed E-state index contributed by atoms with van der Waals surface area (Å²) in [7, 11) is 0. The lowest BCUT2D eigenvalue weighted by molar-refractivity contribution is 0.674. The number of amidine groups is 2. The smallest absolute Gasteiger partial charge is 0.159 e. The molecule has 0 bridgehead atoms. The zero-order chi connectivity index (χ0) is 35.6. The molecule has 5 heteroatoms. The van der Waals surface area contributed by atoms with Crippen LogP contribution in [0.3, 0.4) is 0 Å². The summed E-state index contributed by atoms with van der Waals surface area (Å²) in [6.45, 7) is 0. The lowest BCUT2D eigenvalue weighted by atomic mass is 10.0. The molecular weight excluding hydrogens is 659 g/mol. The quantitative estimate of drug-likeness (QED) is 0.192. The van der Waals surface area contributed by atoms with Gasteiger partial charge in [-0.15, -0.1) is 0 Å². The highest BCUT2D eigenvalue weighted by Gasteiger charge is 2.22. The summed E-state index contributed by atoms with van der Waals surface area (Å²) in [6.07, 6.45) is -0.310. The molecule has 0 amide bonds. The third-order valence-electron chi connectivity index (χ3n) is 10.7. The Morgan fingerprint density at radius 2 is 0.963 bits per heavy atom. The van der Waals surface area contributed by atoms with Crippen molar-refractivity contribution < 1.29 is 0 Å². The lowest BCUT2D eigenvalue weighted by Gasteiger charge is -2.24. The van der Waals surface area contributed by atoms with Gasteiger partial charge < -0.3 is 14.5 Å². The minimum Gasteiger partial charge on any atom is -0.344 e. The average Bonchev–Trinajstić information content (AvgIpc) is 3.75. The molecule has 1 unspecified atom stereocenters. The van der Waals surface area contributed by atoms with Crippen molar-refractivity contribution in [3.05, 3.63) is 205 Å². The summed E-state index contributed by atoms with van der Waals surface area (Å²) >= 11 is 0. The maximum absolute atomic E-state index is 5.15. The van der Waals surface area contributed by atoms with Crippen LogP contribution in [0.15, 0.2) is 198 Å². The van der Waals surface area contributed by atoms with E-state index in [1.165, 1.54) is 54.4 Å². The summed E-state index contributed by atoms with van der Waals surface area (Å²) < 4.78 is 4.79. The molecule has 54 heavy (non-hydrogen) atoms. The van der Waals surface area contributed by atoms with Gasteiger partial charge in [0, 0.05) is 44.0 Å². The number of nitrogens with zero attached hydrogens (tertiary/aromatic N) is 4. The fourth-order valence-electron chi connectivity index (χ4n) is 8.19. The molecule has 8 aromatic carbocycles. The largest absolute Gasteiger partial charge is 0.344 e. The number of para-hydroxylation sites is 3. The number of rotatable bonds is 5. The van der Waals surface area contributed by atoms with E-state index in [0.29, 0.717) is 5.84 Å². The van der Waals surface area contributed by atoms with Crippen molar-refractivity contribution in [2.45, 2.75) is 6.17 Å². The Labute approximate surface area is 311 Å². The Morgan fingerprint density at radius 3 is 1.63 bits per heavy atom. The number of aromatic nitrogens is 2. The molecule has 0 radical (unpaired) electrons. The van der Waals surface area contributed by atoms with E-state index in [0.717, 1.165) is 33.9 Å². The normalized spacial score (nSPS) is 14.5. The van der Waals surface area contributed by atoms with E-state index in [2.05, 4.69) is 184 Å². The molecule has 254 valence electrons. The van der Waals surface area contributed by atoms with Gasteiger partial charge in [0.2, 0.25) is 0 Å². The molecule has 1 aliphatic heterocycles. The summed E-state index contributed by atoms with van der Waals surface area (Å²) in [5.74, 6) is 1.53. The Kier molecular flexibility index (Phi) is 6.85. The predicted octanol–water partition coefficient (Wildman–Crippen LogP) is 11.5. The van der Waals surface area contributed by atoms with Crippen LogP contribution in [-0.4, -0.2) is 20.8 Å². The predicted molar refractivity (Wildman–Crippen MR) is 224 cm³/mol. The van der Waals surface area contributed by atoms with Gasteiger partial charge in [-0.3, -0.25) is 0 Å². The van der Waals surface area contributed by atoms with Gasteiger partial charge in [0.25, 0.3) is 0 Å². The van der Waals surface area contributed by atoms with Gasteiger partial charge in [-0.25, -0.2) is 9.98 Å². The van der Waals surface area contributed by atoms with Gasteiger partial charge in [0.05, 0.1) is 22.1 Å². The molecule has 0 fully saturated rings. The fourth-order valence-corrected chi connectivity index (χ4v) is 8.19. The van der Waals surface area contributed by atoms with Crippen molar-refractivity contribution in [1.29, 1.82) is 0 Å². The third-order valence-corrected chi connectivity index (χ3v) is 10.7. The maximum atomic E-state index is 5.15. The second-order valence-corrected chi connectivity index (χ2v) is 13.9. The van der Waals surface area contributed by atoms with Crippen molar-refractivity contribution in [3.63, 3.8) is 0 Å². The van der Waals surface area contributed by atoms with Crippen molar-refractivity contribution in [2.24, 2.45) is 9.98 Å². The Morgan fingerprint density at radius 1 is 0.407 bits per heavy atom. The first-order chi connectivity index (χ1) is 26.8. The van der Waals surface area contributed by atoms with E-state index in [4.69, 9.17) is 9.98 Å². The molecule has 1 N–H and O–H groups in total. The van der Waals surface area contributed by atoms with Crippen LogP contribution in [0.1, 0.15) is 22.9 Å². The number of aliphatic imine (C=N–C) groups is 2. The van der Waals surface area contributed by atoms with Gasteiger partial charge in [-0.05, 0) is 70.9 Å². The van der Waals surface area contributed by atoms with E-state index in [1.807, 2.05) is 18.2 Å². The van der Waals surface area contributed by atoms with Crippen LogP contribution in [0.5, 0.6) is 0 Å². The van der Waals surface area contributed by atoms with Crippen LogP contribution in [0.25, 0.3) is 65.8 Å². The first-order valence-electron chi connectivity index (χ1n) is 18.4. The summed E-state index contributed by atoms with van der Waals surface area (Å²) in [5.41, 5.74) is 10.1. The number of hydrogen-bond acceptors (Lipinski definition) is 3. The maximum Gasteiger partial charge on any atom is 0.159 e. The second-order valence-electron chi connectivity index (χ2n) is 13.9. The summed E-state index contributed by atoms with van der Waals surface area (Å²) in [4.78, 5) is 10.2. The second kappa shape index (κ2) is 12.2. The first-order valence-corrected chi connectivity index (χ1v) is 18.4. The molecule has 0 spiro atoms. The van der Waals surface area contributed by atoms with E-state index in [9.17, 15) is 0 Å². The van der Waals surface area contributed by atoms with Crippen LogP contribution < -0.4 is 5.32 Å². The van der Waals surface area contributed by atoms with Gasteiger partial charge in [0.1, 0.15) is 12.0 Å². The van der Waals surface area contributed by atoms with E-state index in [1.54, 1.807) is 0 Å². The Balaban J connectivity index is 1.04. The highest BCUT2D eigenvalue weighted by Crippen LogP contribution is 2.39. The number of fused-ring (bicyclic) bond motifs is 7. The molecule has 0 saturated heterocycles. The zero-order valence-electron chi connectivity index (χ0n) is 29.3. The number of hydrogen-bond donors (Lipinski definition) is 1. The van der Waals surface area contributed by atoms with Crippen LogP contribution in [0.2, 0.25) is 0 Å². The first kappa shape index (κ1) is 30.4. The molecule has 0 aliphatic carbocycles. The summed E-state index contributed by atoms with van der Waals surface area (Å²) in [6, 6.07) is 66.9. The molecule has 3 heterocycles. The monoisotopic (exact) mass is 691 g/mol. The Bertz CT molecular complexity index is 3110. The van der Waals surface area contributed by atoms with Gasteiger partial charge in [-0.2, -0.15) is 0 Å². The molecule has 11 rings (SSSR count). The topological polar surface area (TPSA) is 46.6 Å². The third kappa shape index (κ3) is 4.86. The van der Waals surface area contributed by atoms with Crippen LogP contribution in [0, 0.1) is 0 Å². The standard InChI is InChI=1S/C49H33N5/c1-3-14-33(15-4-1)47-50-48(52-49(51-47)36-24-23-32-13-7-8-16-35(32)29-36)34-25-27-38(28-26-34)54-44-22-12-10-20-40(44)42-30-45-41(31-46(42)54)39-19-9-11-21-43(39)53(45)37-17-5-2-6-18-37/h1-31,48H,(H,50,51,52). The highest BCUT2D eigenvalue weighted by molar-refractivity contribution is 6.19. The van der Waals surface area contributed by atoms with E-state index < -0.39 is 0 Å². The van der Waals surface area contributed by atoms with Crippen molar-refractivity contribution in [2.75, 3.05) is 0 Å². The Hall–Kier alpha value is -7.24. The van der Waals surface area contributed by atoms with Crippen LogP contribution >= 0.6 is 0 Å². The van der Waals surface area contributed by atoms with E-state index >= 15 is 0 Å². The highest BCUT2D eigenvalue weighted by atomic mass is 15.2.